The van der Waals surface area contributed by atoms with Crippen molar-refractivity contribution < 1.29 is 9.53 Å². The van der Waals surface area contributed by atoms with Crippen LogP contribution in [0.15, 0.2) is 30.3 Å². The summed E-state index contributed by atoms with van der Waals surface area (Å²) in [5.41, 5.74) is 1.08. The summed E-state index contributed by atoms with van der Waals surface area (Å²) in [7, 11) is 0. The van der Waals surface area contributed by atoms with Crippen LogP contribution in [0.1, 0.15) is 51.5 Å². The normalized spacial score (nSPS) is 34.2. The number of ether oxygens (including phenoxy) is 1. The molecule has 22 heavy (non-hydrogen) atoms. The van der Waals surface area contributed by atoms with Crippen molar-refractivity contribution in [2.45, 2.75) is 52.6 Å². The molecule has 120 valence electrons. The second-order valence-electron chi connectivity index (χ2n) is 7.46. The lowest BCUT2D eigenvalue weighted by molar-refractivity contribution is -0.158. The van der Waals surface area contributed by atoms with Gasteiger partial charge in [0.1, 0.15) is 6.61 Å². The first-order valence-electron chi connectivity index (χ1n) is 8.88. The predicted octanol–water partition coefficient (Wildman–Crippen LogP) is 4.83. The largest absolute Gasteiger partial charge is 0.461 e. The van der Waals surface area contributed by atoms with E-state index < -0.39 is 0 Å². The van der Waals surface area contributed by atoms with E-state index in [1.807, 2.05) is 30.3 Å². The van der Waals surface area contributed by atoms with E-state index in [0.29, 0.717) is 18.4 Å². The van der Waals surface area contributed by atoms with Gasteiger partial charge in [0.25, 0.3) is 0 Å². The average molecular weight is 300 g/mol. The van der Waals surface area contributed by atoms with Crippen molar-refractivity contribution in [3.05, 3.63) is 35.9 Å². The number of esters is 1. The quantitative estimate of drug-likeness (QED) is 0.745. The summed E-state index contributed by atoms with van der Waals surface area (Å²) >= 11 is 0. The van der Waals surface area contributed by atoms with Gasteiger partial charge >= 0.3 is 5.97 Å². The van der Waals surface area contributed by atoms with Gasteiger partial charge in [0.05, 0.1) is 5.92 Å². The molecule has 2 aliphatic carbocycles. The van der Waals surface area contributed by atoms with Gasteiger partial charge in [-0.15, -0.1) is 0 Å². The van der Waals surface area contributed by atoms with Crippen LogP contribution in [-0.4, -0.2) is 5.97 Å². The van der Waals surface area contributed by atoms with Gasteiger partial charge in [0.2, 0.25) is 0 Å². The molecule has 2 saturated carbocycles. The Hall–Kier alpha value is -1.31. The maximum Gasteiger partial charge on any atom is 0.309 e. The first kappa shape index (κ1) is 15.6. The smallest absolute Gasteiger partial charge is 0.309 e. The molecule has 2 bridgehead atoms. The molecule has 0 heterocycles. The van der Waals surface area contributed by atoms with E-state index in [1.54, 1.807) is 0 Å². The van der Waals surface area contributed by atoms with Crippen LogP contribution in [0, 0.1) is 29.6 Å². The van der Waals surface area contributed by atoms with E-state index in [4.69, 9.17) is 4.74 Å². The molecule has 2 fully saturated rings. The molecule has 2 aliphatic rings. The Morgan fingerprint density at radius 1 is 1.14 bits per heavy atom. The highest BCUT2D eigenvalue weighted by molar-refractivity contribution is 5.73. The van der Waals surface area contributed by atoms with Gasteiger partial charge in [0, 0.05) is 0 Å². The van der Waals surface area contributed by atoms with Crippen LogP contribution in [0.2, 0.25) is 0 Å². The van der Waals surface area contributed by atoms with Crippen molar-refractivity contribution in [3.63, 3.8) is 0 Å². The number of fused-ring (bicyclic) bond motifs is 2. The maximum atomic E-state index is 12.7. The minimum atomic E-state index is 0.0493. The molecule has 5 unspecified atom stereocenters. The number of hydrogen-bond acceptors (Lipinski definition) is 2. The monoisotopic (exact) mass is 300 g/mol. The zero-order valence-electron chi connectivity index (χ0n) is 13.8. The number of benzene rings is 1. The molecule has 0 aliphatic heterocycles. The molecule has 2 heteroatoms. The van der Waals surface area contributed by atoms with E-state index >= 15 is 0 Å². The third-order valence-electron chi connectivity index (χ3n) is 5.75. The molecule has 1 aromatic carbocycles. The first-order chi connectivity index (χ1) is 10.7. The fraction of sp³-hybridized carbons (Fsp3) is 0.650. The van der Waals surface area contributed by atoms with Crippen LogP contribution in [0.3, 0.4) is 0 Å². The van der Waals surface area contributed by atoms with Gasteiger partial charge < -0.3 is 4.74 Å². The van der Waals surface area contributed by atoms with Crippen LogP contribution >= 0.6 is 0 Å². The Bertz CT molecular complexity index is 494. The van der Waals surface area contributed by atoms with Crippen LogP contribution < -0.4 is 0 Å². The van der Waals surface area contributed by atoms with Gasteiger partial charge in [-0.1, -0.05) is 50.6 Å². The average Bonchev–Trinajstić information content (AvgIpc) is 2.52. The van der Waals surface area contributed by atoms with Crippen molar-refractivity contribution in [1.82, 2.24) is 0 Å². The Labute approximate surface area is 134 Å². The molecule has 0 radical (unpaired) electrons. The lowest BCUT2D eigenvalue weighted by atomic mass is 9.59. The van der Waals surface area contributed by atoms with Crippen LogP contribution in [0.5, 0.6) is 0 Å². The van der Waals surface area contributed by atoms with Crippen molar-refractivity contribution in [2.75, 3.05) is 0 Å². The van der Waals surface area contributed by atoms with Gasteiger partial charge in [-0.25, -0.2) is 0 Å². The number of hydrogen-bond donors (Lipinski definition) is 0. The lowest BCUT2D eigenvalue weighted by Crippen LogP contribution is -2.42. The second kappa shape index (κ2) is 6.85. The molecule has 0 saturated heterocycles. The summed E-state index contributed by atoms with van der Waals surface area (Å²) in [6, 6.07) is 10.0. The molecule has 0 N–H and O–H groups in total. The van der Waals surface area contributed by atoms with E-state index in [0.717, 1.165) is 23.8 Å². The fourth-order valence-electron chi connectivity index (χ4n) is 4.88. The molecule has 0 aromatic heterocycles. The number of carbonyl (C=O) groups excluding carboxylic acids is 1. The van der Waals surface area contributed by atoms with E-state index in [-0.39, 0.29) is 11.9 Å². The minimum absolute atomic E-state index is 0.0493. The minimum Gasteiger partial charge on any atom is -0.461 e. The molecule has 1 aromatic rings. The summed E-state index contributed by atoms with van der Waals surface area (Å²) in [5.74, 6) is 2.87. The summed E-state index contributed by atoms with van der Waals surface area (Å²) in [6.07, 6.45) is 6.14. The van der Waals surface area contributed by atoms with Gasteiger partial charge in [0.15, 0.2) is 0 Å². The van der Waals surface area contributed by atoms with Crippen molar-refractivity contribution in [3.8, 4) is 0 Å². The summed E-state index contributed by atoms with van der Waals surface area (Å²) in [6.45, 7) is 4.99. The molecular formula is C20H28O2. The van der Waals surface area contributed by atoms with E-state index in [1.165, 1.54) is 25.7 Å². The van der Waals surface area contributed by atoms with Crippen molar-refractivity contribution in [2.24, 2.45) is 29.6 Å². The lowest BCUT2D eigenvalue weighted by Gasteiger charge is -2.46. The molecule has 0 spiro atoms. The number of rotatable bonds is 4. The highest BCUT2D eigenvalue weighted by Crippen LogP contribution is 2.49. The molecule has 5 atom stereocenters. The first-order valence-corrected chi connectivity index (χ1v) is 8.88. The van der Waals surface area contributed by atoms with Crippen LogP contribution in [-0.2, 0) is 16.1 Å². The Morgan fingerprint density at radius 3 is 2.64 bits per heavy atom. The van der Waals surface area contributed by atoms with Gasteiger partial charge in [-0.05, 0) is 54.9 Å². The molecule has 0 amide bonds. The van der Waals surface area contributed by atoms with Crippen LogP contribution in [0.25, 0.3) is 0 Å². The van der Waals surface area contributed by atoms with Gasteiger partial charge in [-0.2, -0.15) is 0 Å². The molecule has 3 rings (SSSR count). The third kappa shape index (κ3) is 3.37. The van der Waals surface area contributed by atoms with E-state index in [2.05, 4.69) is 13.8 Å². The second-order valence-corrected chi connectivity index (χ2v) is 7.46. The predicted molar refractivity (Wildman–Crippen MR) is 88.1 cm³/mol. The molecule has 2 nitrogen and oxygen atoms in total. The maximum absolute atomic E-state index is 12.7. The highest BCUT2D eigenvalue weighted by Gasteiger charge is 2.45. The zero-order valence-corrected chi connectivity index (χ0v) is 13.8. The standard InChI is InChI=1S/C20H28O2/c1-3-17-11-16-9-14(2)10-18(12-16)19(17)20(21)22-13-15-7-5-4-6-8-15/h4-8,14,16-19H,3,9-13H2,1-2H3. The highest BCUT2D eigenvalue weighted by atomic mass is 16.5. The Balaban J connectivity index is 1.66. The zero-order chi connectivity index (χ0) is 15.5. The number of carbonyl (C=O) groups is 1. The SMILES string of the molecule is CCC1CC2CC(C)CC(C2)C1C(=O)OCc1ccccc1. The fourth-order valence-corrected chi connectivity index (χ4v) is 4.88. The summed E-state index contributed by atoms with van der Waals surface area (Å²) in [4.78, 5) is 12.7. The summed E-state index contributed by atoms with van der Waals surface area (Å²) < 4.78 is 5.69. The van der Waals surface area contributed by atoms with Crippen LogP contribution in [0.4, 0.5) is 0 Å². The van der Waals surface area contributed by atoms with Gasteiger partial charge in [-0.3, -0.25) is 4.79 Å². The Kier molecular flexibility index (Phi) is 4.85. The third-order valence-corrected chi connectivity index (χ3v) is 5.75. The molecular weight excluding hydrogens is 272 g/mol. The van der Waals surface area contributed by atoms with Crippen molar-refractivity contribution >= 4 is 5.97 Å². The van der Waals surface area contributed by atoms with Crippen molar-refractivity contribution in [1.29, 1.82) is 0 Å². The Morgan fingerprint density at radius 2 is 1.91 bits per heavy atom. The van der Waals surface area contributed by atoms with E-state index in [9.17, 15) is 4.79 Å². The summed E-state index contributed by atoms with van der Waals surface area (Å²) in [5, 5.41) is 0. The topological polar surface area (TPSA) is 26.3 Å².